The van der Waals surface area contributed by atoms with E-state index in [9.17, 15) is 9.59 Å². The van der Waals surface area contributed by atoms with Crippen molar-refractivity contribution >= 4 is 17.5 Å². The Kier molecular flexibility index (Phi) is 6.50. The maximum absolute atomic E-state index is 13.5. The first-order chi connectivity index (χ1) is 17.0. The molecule has 0 radical (unpaired) electrons. The van der Waals surface area contributed by atoms with E-state index in [1.807, 2.05) is 23.1 Å². The van der Waals surface area contributed by atoms with Gasteiger partial charge in [0.25, 0.3) is 11.8 Å². The number of hydrogen-bond donors (Lipinski definition) is 1. The smallest absolute Gasteiger partial charge is 0.267 e. The summed E-state index contributed by atoms with van der Waals surface area (Å²) in [5, 5.41) is 7.23. The maximum Gasteiger partial charge on any atom is 0.267 e. The predicted octanol–water partition coefficient (Wildman–Crippen LogP) is 3.95. The number of benzene rings is 2. The molecule has 1 N–H and O–H groups in total. The molecule has 0 bridgehead atoms. The van der Waals surface area contributed by atoms with Gasteiger partial charge in [-0.05, 0) is 62.6 Å². The zero-order valence-corrected chi connectivity index (χ0v) is 20.5. The molecule has 35 heavy (non-hydrogen) atoms. The highest BCUT2D eigenvalue weighted by Gasteiger charge is 2.44. The van der Waals surface area contributed by atoms with E-state index < -0.39 is 5.60 Å². The molecule has 2 aromatic rings. The molecule has 2 aromatic carbocycles. The molecular formula is C28H33N3O4. The molecule has 3 aliphatic rings. The Hall–Kier alpha value is -3.35. The molecule has 1 atom stereocenters. The molecule has 2 heterocycles. The van der Waals surface area contributed by atoms with Gasteiger partial charge in [-0.25, -0.2) is 0 Å². The largest absolute Gasteiger partial charge is 0.495 e. The minimum Gasteiger partial charge on any atom is -0.495 e. The Morgan fingerprint density at radius 1 is 1.09 bits per heavy atom. The number of methoxy groups -OCH3 is 1. The van der Waals surface area contributed by atoms with Gasteiger partial charge >= 0.3 is 0 Å². The van der Waals surface area contributed by atoms with Crippen molar-refractivity contribution < 1.29 is 19.2 Å². The molecule has 0 aromatic heterocycles. The van der Waals surface area contributed by atoms with Gasteiger partial charge < -0.3 is 19.8 Å². The van der Waals surface area contributed by atoms with Crippen molar-refractivity contribution in [3.05, 3.63) is 65.2 Å². The van der Waals surface area contributed by atoms with Crippen molar-refractivity contribution in [1.29, 1.82) is 0 Å². The highest BCUT2D eigenvalue weighted by atomic mass is 16.7. The van der Waals surface area contributed by atoms with Crippen LogP contribution in [-0.2, 0) is 16.1 Å². The third-order valence-electron chi connectivity index (χ3n) is 7.28. The summed E-state index contributed by atoms with van der Waals surface area (Å²) in [6.45, 7) is 3.21. The second-order valence-corrected chi connectivity index (χ2v) is 10.1. The number of oxime groups is 1. The molecule has 5 rings (SSSR count). The number of nitrogens with zero attached hydrogens (tertiary/aromatic N) is 2. The number of nitrogens with one attached hydrogen (secondary N) is 1. The van der Waals surface area contributed by atoms with Crippen molar-refractivity contribution in [2.75, 3.05) is 20.2 Å². The normalized spacial score (nSPS) is 22.3. The van der Waals surface area contributed by atoms with Crippen molar-refractivity contribution in [3.63, 3.8) is 0 Å². The fourth-order valence-electron chi connectivity index (χ4n) is 4.98. The molecule has 2 aliphatic heterocycles. The molecule has 7 nitrogen and oxygen atoms in total. The van der Waals surface area contributed by atoms with Crippen molar-refractivity contribution in [3.8, 4) is 5.75 Å². The van der Waals surface area contributed by atoms with Gasteiger partial charge in [-0.15, -0.1) is 0 Å². The Balaban J connectivity index is 1.26. The number of carbonyl (C=O) groups excluding carboxylic acids is 2. The summed E-state index contributed by atoms with van der Waals surface area (Å²) in [6.07, 6.45) is 5.36. The third-order valence-corrected chi connectivity index (χ3v) is 7.28. The third kappa shape index (κ3) is 5.04. The summed E-state index contributed by atoms with van der Waals surface area (Å²) >= 11 is 0. The van der Waals surface area contributed by atoms with Crippen molar-refractivity contribution in [2.45, 2.75) is 57.1 Å². The second-order valence-electron chi connectivity index (χ2n) is 10.1. The monoisotopic (exact) mass is 475 g/mol. The molecule has 2 fully saturated rings. The van der Waals surface area contributed by atoms with E-state index in [2.05, 4.69) is 34.7 Å². The van der Waals surface area contributed by atoms with Gasteiger partial charge in [0.15, 0.2) is 0 Å². The van der Waals surface area contributed by atoms with Gasteiger partial charge in [0.2, 0.25) is 5.60 Å². The Morgan fingerprint density at radius 3 is 2.51 bits per heavy atom. The van der Waals surface area contributed by atoms with Crippen LogP contribution >= 0.6 is 0 Å². The molecular weight excluding hydrogens is 442 g/mol. The van der Waals surface area contributed by atoms with Crippen molar-refractivity contribution in [1.82, 2.24) is 10.2 Å². The fourth-order valence-corrected chi connectivity index (χ4v) is 4.98. The number of amides is 2. The van der Waals surface area contributed by atoms with Gasteiger partial charge in [-0.1, -0.05) is 41.6 Å². The predicted molar refractivity (Wildman–Crippen MR) is 134 cm³/mol. The number of para-hydroxylation sites is 1. The van der Waals surface area contributed by atoms with E-state index >= 15 is 0 Å². The topological polar surface area (TPSA) is 80.2 Å². The van der Waals surface area contributed by atoms with Crippen molar-refractivity contribution in [2.24, 2.45) is 11.1 Å². The lowest BCUT2D eigenvalue weighted by Crippen LogP contribution is -2.45. The number of piperidine rings is 1. The molecule has 2 amide bonds. The van der Waals surface area contributed by atoms with Gasteiger partial charge in [-0.2, -0.15) is 0 Å². The lowest BCUT2D eigenvalue weighted by molar-refractivity contribution is -0.141. The average Bonchev–Trinajstić information content (AvgIpc) is 3.61. The first-order valence-corrected chi connectivity index (χ1v) is 12.5. The lowest BCUT2D eigenvalue weighted by Gasteiger charge is -2.32. The standard InChI is InChI=1S/C28H33N3O4/c1-28(27(33)29-21-11-12-21)18-24(30-35-28)22-9-6-10-23(25(22)34-2)26(32)31-15-13-20(14-16-31)17-19-7-4-3-5-8-19/h3-10,20-21H,11-18H2,1-2H3,(H,29,33). The summed E-state index contributed by atoms with van der Waals surface area (Å²) in [7, 11) is 1.57. The number of carbonyl (C=O) groups is 2. The first kappa shape index (κ1) is 23.4. The quantitative estimate of drug-likeness (QED) is 0.658. The molecule has 7 heteroatoms. The van der Waals surface area contributed by atoms with Crippen LogP contribution in [0.15, 0.2) is 53.7 Å². The zero-order valence-electron chi connectivity index (χ0n) is 20.5. The molecule has 0 spiro atoms. The van der Waals surface area contributed by atoms with Gasteiger partial charge in [-0.3, -0.25) is 9.59 Å². The van der Waals surface area contributed by atoms with Crippen LogP contribution in [0.1, 0.15) is 60.5 Å². The second kappa shape index (κ2) is 9.72. The number of likely N-dealkylation sites (tertiary alicyclic amines) is 1. The summed E-state index contributed by atoms with van der Waals surface area (Å²) in [4.78, 5) is 33.7. The van der Waals surface area contributed by atoms with E-state index in [-0.39, 0.29) is 17.9 Å². The Morgan fingerprint density at radius 2 is 1.83 bits per heavy atom. The van der Waals surface area contributed by atoms with Gasteiger partial charge in [0, 0.05) is 31.1 Å². The van der Waals surface area contributed by atoms with Crippen LogP contribution in [0.4, 0.5) is 0 Å². The van der Waals surface area contributed by atoms with Crippen LogP contribution in [0.5, 0.6) is 5.75 Å². The van der Waals surface area contributed by atoms with Crippen LogP contribution < -0.4 is 10.1 Å². The summed E-state index contributed by atoms with van der Waals surface area (Å²) in [6, 6.07) is 16.3. The summed E-state index contributed by atoms with van der Waals surface area (Å²) in [5.41, 5.74) is 2.13. The highest BCUT2D eigenvalue weighted by molar-refractivity contribution is 6.10. The van der Waals surface area contributed by atoms with Crippen LogP contribution in [0.3, 0.4) is 0 Å². The minimum atomic E-state index is -1.05. The first-order valence-electron chi connectivity index (χ1n) is 12.5. The lowest BCUT2D eigenvalue weighted by atomic mass is 9.89. The maximum atomic E-state index is 13.5. The average molecular weight is 476 g/mol. The molecule has 1 saturated carbocycles. The number of rotatable bonds is 7. The number of ether oxygens (including phenoxy) is 1. The van der Waals surface area contributed by atoms with E-state index in [0.29, 0.717) is 34.9 Å². The molecule has 184 valence electrons. The summed E-state index contributed by atoms with van der Waals surface area (Å²) in [5.74, 6) is 0.885. The summed E-state index contributed by atoms with van der Waals surface area (Å²) < 4.78 is 5.72. The van der Waals surface area contributed by atoms with Crippen LogP contribution in [-0.4, -0.2) is 54.3 Å². The Labute approximate surface area is 206 Å². The van der Waals surface area contributed by atoms with Crippen LogP contribution in [0, 0.1) is 5.92 Å². The highest BCUT2D eigenvalue weighted by Crippen LogP contribution is 2.34. The van der Waals surface area contributed by atoms with Gasteiger partial charge in [0.1, 0.15) is 5.75 Å². The fraction of sp³-hybridized carbons (Fsp3) is 0.464. The van der Waals surface area contributed by atoms with Gasteiger partial charge in [0.05, 0.1) is 18.4 Å². The molecule has 1 unspecified atom stereocenters. The molecule has 1 aliphatic carbocycles. The van der Waals surface area contributed by atoms with E-state index in [1.165, 1.54) is 5.56 Å². The van der Waals surface area contributed by atoms with E-state index in [4.69, 9.17) is 9.57 Å². The van der Waals surface area contributed by atoms with Crippen LogP contribution in [0.2, 0.25) is 0 Å². The van der Waals surface area contributed by atoms with E-state index in [0.717, 1.165) is 45.2 Å². The number of hydrogen-bond acceptors (Lipinski definition) is 5. The Bertz CT molecular complexity index is 1120. The minimum absolute atomic E-state index is 0.0318. The van der Waals surface area contributed by atoms with E-state index in [1.54, 1.807) is 20.1 Å². The molecule has 1 saturated heterocycles. The zero-order chi connectivity index (χ0) is 24.4. The van der Waals surface area contributed by atoms with Crippen LogP contribution in [0.25, 0.3) is 0 Å². The SMILES string of the molecule is COc1c(C(=O)N2CCC(Cc3ccccc3)CC2)cccc1C1=NOC(C)(C(=O)NC2CC2)C1.